The Morgan fingerprint density at radius 2 is 1.08 bits per heavy atom. The molecule has 0 aromatic rings. The zero-order valence-corrected chi connectivity index (χ0v) is 17.9. The third kappa shape index (κ3) is 16.1. The fourth-order valence-corrected chi connectivity index (χ4v) is 3.10. The van der Waals surface area contributed by atoms with Gasteiger partial charge in [-0.1, -0.05) is 0 Å². The zero-order chi connectivity index (χ0) is 18.9. The Bertz CT molecular complexity index is 311. The second-order valence-electron chi connectivity index (χ2n) is 7.23. The highest BCUT2D eigenvalue weighted by atomic mass is 28.4. The molecule has 0 radical (unpaired) electrons. The van der Waals surface area contributed by atoms with Crippen LogP contribution in [0, 0.1) is 0 Å². The van der Waals surface area contributed by atoms with E-state index in [4.69, 9.17) is 28.1 Å². The lowest BCUT2D eigenvalue weighted by Gasteiger charge is -2.22. The van der Waals surface area contributed by atoms with Crippen LogP contribution in [-0.4, -0.2) is 93.6 Å². The average Bonchev–Trinajstić information content (AvgIpc) is 2.61. The molecule has 1 saturated heterocycles. The van der Waals surface area contributed by atoms with E-state index < -0.39 is 8.32 Å². The van der Waals surface area contributed by atoms with Gasteiger partial charge in [0.2, 0.25) is 0 Å². The largest absolute Gasteiger partial charge is 0.415 e. The second kappa shape index (κ2) is 15.9. The van der Waals surface area contributed by atoms with Crippen LogP contribution in [0.15, 0.2) is 0 Å². The molecule has 0 bridgehead atoms. The monoisotopic (exact) mass is 393 g/mol. The molecular weight excluding hydrogens is 354 g/mol. The van der Waals surface area contributed by atoms with Crippen molar-refractivity contribution in [2.45, 2.75) is 38.6 Å². The predicted octanol–water partition coefficient (Wildman–Crippen LogP) is 1.67. The molecule has 0 aromatic heterocycles. The summed E-state index contributed by atoms with van der Waals surface area (Å²) in [6.45, 7) is 14.7. The molecule has 0 saturated carbocycles. The molecule has 0 aliphatic carbocycles. The van der Waals surface area contributed by atoms with Crippen LogP contribution in [0.5, 0.6) is 0 Å². The molecule has 26 heavy (non-hydrogen) atoms. The lowest BCUT2D eigenvalue weighted by atomic mass is 10.1. The molecule has 0 spiro atoms. The lowest BCUT2D eigenvalue weighted by molar-refractivity contribution is -0.0285. The van der Waals surface area contributed by atoms with Crippen molar-refractivity contribution in [2.24, 2.45) is 0 Å². The van der Waals surface area contributed by atoms with E-state index >= 15 is 0 Å². The van der Waals surface area contributed by atoms with Crippen LogP contribution in [0.4, 0.5) is 0 Å². The first kappa shape index (κ1) is 24.0. The van der Waals surface area contributed by atoms with Crippen molar-refractivity contribution < 1.29 is 28.1 Å². The number of ether oxygens (including phenoxy) is 5. The number of hydrogen-bond donors (Lipinski definition) is 1. The Morgan fingerprint density at radius 3 is 1.54 bits per heavy atom. The highest BCUT2D eigenvalue weighted by Gasteiger charge is 2.13. The fourth-order valence-electron chi connectivity index (χ4n) is 2.40. The second-order valence-corrected chi connectivity index (χ2v) is 11.7. The molecule has 0 atom stereocenters. The van der Waals surface area contributed by atoms with Gasteiger partial charge in [-0.2, -0.15) is 0 Å². The summed E-state index contributed by atoms with van der Waals surface area (Å²) in [7, 11) is -1.42. The van der Waals surface area contributed by atoms with E-state index in [0.717, 1.165) is 25.9 Å². The molecule has 0 unspecified atom stereocenters. The van der Waals surface area contributed by atoms with E-state index in [9.17, 15) is 0 Å². The quantitative estimate of drug-likeness (QED) is 0.298. The van der Waals surface area contributed by atoms with Gasteiger partial charge in [0.25, 0.3) is 0 Å². The average molecular weight is 394 g/mol. The molecule has 1 rings (SSSR count). The summed E-state index contributed by atoms with van der Waals surface area (Å²) >= 11 is 0. The van der Waals surface area contributed by atoms with Gasteiger partial charge in [0.1, 0.15) is 0 Å². The smallest absolute Gasteiger partial charge is 0.183 e. The number of hydrogen-bond acceptors (Lipinski definition) is 7. The van der Waals surface area contributed by atoms with Crippen molar-refractivity contribution >= 4 is 8.32 Å². The molecule has 1 aliphatic heterocycles. The minimum atomic E-state index is -1.42. The molecule has 0 aromatic carbocycles. The van der Waals surface area contributed by atoms with Gasteiger partial charge >= 0.3 is 0 Å². The summed E-state index contributed by atoms with van der Waals surface area (Å²) in [5, 5.41) is 3.32. The Balaban J connectivity index is 1.68. The standard InChI is InChI=1S/C18H39NO6Si/c1-26(2,3)25-17-15-23-13-11-21-9-8-20-10-12-22-14-16-24-18-4-6-19-7-5-18/h18-19H,4-17H2,1-3H3. The van der Waals surface area contributed by atoms with Crippen LogP contribution in [0.1, 0.15) is 12.8 Å². The highest BCUT2D eigenvalue weighted by molar-refractivity contribution is 6.69. The SMILES string of the molecule is C[Si](C)(C)OCCOCCOCCOCCOCCOC1CCNCC1. The van der Waals surface area contributed by atoms with Crippen molar-refractivity contribution in [3.05, 3.63) is 0 Å². The van der Waals surface area contributed by atoms with Crippen molar-refractivity contribution in [3.8, 4) is 0 Å². The van der Waals surface area contributed by atoms with E-state index in [2.05, 4.69) is 25.0 Å². The maximum Gasteiger partial charge on any atom is 0.183 e. The van der Waals surface area contributed by atoms with Gasteiger partial charge < -0.3 is 33.4 Å². The van der Waals surface area contributed by atoms with Crippen LogP contribution in [0.2, 0.25) is 19.6 Å². The lowest BCUT2D eigenvalue weighted by Crippen LogP contribution is -2.33. The molecule has 8 heteroatoms. The summed E-state index contributed by atoms with van der Waals surface area (Å²) in [5.74, 6) is 0. The van der Waals surface area contributed by atoms with Crippen LogP contribution in [0.3, 0.4) is 0 Å². The van der Waals surface area contributed by atoms with Gasteiger partial charge in [-0.3, -0.25) is 0 Å². The highest BCUT2D eigenvalue weighted by Crippen LogP contribution is 2.06. The Hall–Kier alpha value is -0.0631. The summed E-state index contributed by atoms with van der Waals surface area (Å²) < 4.78 is 33.3. The summed E-state index contributed by atoms with van der Waals surface area (Å²) in [5.41, 5.74) is 0. The Kier molecular flexibility index (Phi) is 14.7. The first-order valence-corrected chi connectivity index (χ1v) is 13.3. The molecule has 156 valence electrons. The van der Waals surface area contributed by atoms with Crippen LogP contribution >= 0.6 is 0 Å². The summed E-state index contributed by atoms with van der Waals surface area (Å²) in [4.78, 5) is 0. The maximum atomic E-state index is 5.76. The molecule has 1 heterocycles. The van der Waals surface area contributed by atoms with Gasteiger partial charge in [-0.05, 0) is 45.6 Å². The van der Waals surface area contributed by atoms with E-state index in [0.29, 0.717) is 72.2 Å². The molecule has 1 fully saturated rings. The molecule has 7 nitrogen and oxygen atoms in total. The predicted molar refractivity (Wildman–Crippen MR) is 104 cm³/mol. The first-order chi connectivity index (χ1) is 12.6. The number of rotatable bonds is 17. The maximum absolute atomic E-state index is 5.76. The molecule has 1 N–H and O–H groups in total. The van der Waals surface area contributed by atoms with Crippen LogP contribution in [-0.2, 0) is 28.1 Å². The van der Waals surface area contributed by atoms with Crippen molar-refractivity contribution in [2.75, 3.05) is 79.2 Å². The topological polar surface area (TPSA) is 67.4 Å². The number of piperidine rings is 1. The zero-order valence-electron chi connectivity index (χ0n) is 16.9. The van der Waals surface area contributed by atoms with Gasteiger partial charge in [0, 0.05) is 0 Å². The van der Waals surface area contributed by atoms with E-state index in [1.165, 1.54) is 0 Å². The third-order valence-electron chi connectivity index (χ3n) is 3.75. The fraction of sp³-hybridized carbons (Fsp3) is 1.00. The van der Waals surface area contributed by atoms with Crippen molar-refractivity contribution in [1.82, 2.24) is 5.32 Å². The number of nitrogens with one attached hydrogen (secondary N) is 1. The third-order valence-corrected chi connectivity index (χ3v) is 4.82. The van der Waals surface area contributed by atoms with Gasteiger partial charge in [-0.25, -0.2) is 0 Å². The van der Waals surface area contributed by atoms with Crippen LogP contribution in [0.25, 0.3) is 0 Å². The molecule has 1 aliphatic rings. The van der Waals surface area contributed by atoms with Crippen molar-refractivity contribution in [1.29, 1.82) is 0 Å². The minimum Gasteiger partial charge on any atom is -0.415 e. The first-order valence-electron chi connectivity index (χ1n) is 9.85. The normalized spacial score (nSPS) is 16.3. The summed E-state index contributed by atoms with van der Waals surface area (Å²) in [6, 6.07) is 0. The van der Waals surface area contributed by atoms with Gasteiger partial charge in [0.15, 0.2) is 8.32 Å². The Labute approximate surface area is 160 Å². The summed E-state index contributed by atoms with van der Waals surface area (Å²) in [6.07, 6.45) is 2.59. The van der Waals surface area contributed by atoms with Crippen molar-refractivity contribution in [3.63, 3.8) is 0 Å². The van der Waals surface area contributed by atoms with E-state index in [-0.39, 0.29) is 0 Å². The van der Waals surface area contributed by atoms with E-state index in [1.807, 2.05) is 0 Å². The van der Waals surface area contributed by atoms with Crippen LogP contribution < -0.4 is 5.32 Å². The Morgan fingerprint density at radius 1 is 0.654 bits per heavy atom. The molecule has 0 amide bonds. The molecular formula is C18H39NO6Si. The minimum absolute atomic E-state index is 0.394. The van der Waals surface area contributed by atoms with Gasteiger partial charge in [0.05, 0.1) is 72.2 Å². The van der Waals surface area contributed by atoms with E-state index in [1.54, 1.807) is 0 Å². The van der Waals surface area contributed by atoms with Gasteiger partial charge in [-0.15, -0.1) is 0 Å².